The van der Waals surface area contributed by atoms with E-state index in [1.165, 1.54) is 0 Å². The van der Waals surface area contributed by atoms with Gasteiger partial charge < -0.3 is 24.8 Å². The number of piperazine rings is 1. The van der Waals surface area contributed by atoms with Gasteiger partial charge in [0, 0.05) is 44.2 Å². The molecule has 0 atom stereocenters. The smallest absolute Gasteiger partial charge is 0.254 e. The maximum absolute atomic E-state index is 13.1. The Morgan fingerprint density at radius 2 is 1.70 bits per heavy atom. The van der Waals surface area contributed by atoms with Crippen molar-refractivity contribution >= 4 is 17.5 Å². The summed E-state index contributed by atoms with van der Waals surface area (Å²) in [5.41, 5.74) is 1.65. The average Bonchev–Trinajstić information content (AvgIpc) is 2.84. The lowest BCUT2D eigenvalue weighted by Gasteiger charge is -2.37. The monoisotopic (exact) mass is 415 g/mol. The maximum Gasteiger partial charge on any atom is 0.254 e. The van der Waals surface area contributed by atoms with E-state index < -0.39 is 0 Å². The highest BCUT2D eigenvalue weighted by molar-refractivity contribution is 5.95. The third-order valence-corrected chi connectivity index (χ3v) is 6.42. The van der Waals surface area contributed by atoms with E-state index in [1.807, 2.05) is 28.0 Å². The van der Waals surface area contributed by atoms with Crippen LogP contribution in [0, 0.1) is 5.92 Å². The van der Waals surface area contributed by atoms with Crippen LogP contribution in [0.1, 0.15) is 29.6 Å². The van der Waals surface area contributed by atoms with Crippen LogP contribution in [0.25, 0.3) is 0 Å². The summed E-state index contributed by atoms with van der Waals surface area (Å²) in [7, 11) is 1.65. The van der Waals surface area contributed by atoms with Gasteiger partial charge >= 0.3 is 0 Å². The molecule has 0 saturated carbocycles. The highest BCUT2D eigenvalue weighted by Gasteiger charge is 2.30. The van der Waals surface area contributed by atoms with Gasteiger partial charge in [-0.25, -0.2) is 0 Å². The lowest BCUT2D eigenvalue weighted by atomic mass is 9.96. The molecule has 2 N–H and O–H groups in total. The number of hydrogen-bond acceptors (Lipinski definition) is 6. The van der Waals surface area contributed by atoms with Crippen LogP contribution in [-0.4, -0.2) is 87.8 Å². The summed E-state index contributed by atoms with van der Waals surface area (Å²) >= 11 is 0. The standard InChI is InChI=1S/C22H33N5O3/c1-30-20-15-18(3-4-19(20)27-10-2-7-24-16-27)22(29)26-13-11-25(12-14-26)21(28)17-5-8-23-9-6-17/h3-4,15,17,23-24H,2,5-14,16H2,1H3. The summed E-state index contributed by atoms with van der Waals surface area (Å²) in [4.78, 5) is 31.8. The molecule has 1 aromatic rings. The molecule has 1 aromatic carbocycles. The molecule has 8 nitrogen and oxygen atoms in total. The Morgan fingerprint density at radius 1 is 0.967 bits per heavy atom. The van der Waals surface area contributed by atoms with Crippen molar-refractivity contribution in [2.75, 3.05) is 71.0 Å². The number of carbonyl (C=O) groups excluding carboxylic acids is 2. The van der Waals surface area contributed by atoms with Crippen LogP contribution in [0.4, 0.5) is 5.69 Å². The van der Waals surface area contributed by atoms with Crippen LogP contribution in [0.3, 0.4) is 0 Å². The summed E-state index contributed by atoms with van der Waals surface area (Å²) < 4.78 is 5.59. The number of hydrogen-bond donors (Lipinski definition) is 2. The van der Waals surface area contributed by atoms with E-state index in [4.69, 9.17) is 4.74 Å². The van der Waals surface area contributed by atoms with Crippen LogP contribution in [0.2, 0.25) is 0 Å². The first-order valence-corrected chi connectivity index (χ1v) is 11.1. The summed E-state index contributed by atoms with van der Waals surface area (Å²) in [5.74, 6) is 1.12. The van der Waals surface area contributed by atoms with Gasteiger partial charge in [-0.2, -0.15) is 0 Å². The van der Waals surface area contributed by atoms with E-state index in [1.54, 1.807) is 7.11 Å². The van der Waals surface area contributed by atoms with Crippen LogP contribution < -0.4 is 20.3 Å². The Labute approximate surface area is 178 Å². The number of carbonyl (C=O) groups is 2. The topological polar surface area (TPSA) is 77.2 Å². The quantitative estimate of drug-likeness (QED) is 0.755. The number of ether oxygens (including phenoxy) is 1. The first-order chi connectivity index (χ1) is 14.7. The normalized spacial score (nSPS) is 20.9. The second kappa shape index (κ2) is 9.66. The molecule has 3 aliphatic rings. The van der Waals surface area contributed by atoms with Gasteiger partial charge in [-0.05, 0) is 57.1 Å². The lowest BCUT2D eigenvalue weighted by molar-refractivity contribution is -0.137. The molecule has 3 fully saturated rings. The fourth-order valence-corrected chi connectivity index (χ4v) is 4.61. The van der Waals surface area contributed by atoms with E-state index in [2.05, 4.69) is 15.5 Å². The van der Waals surface area contributed by atoms with Gasteiger partial charge in [0.2, 0.25) is 5.91 Å². The Kier molecular flexibility index (Phi) is 6.74. The molecule has 2 amide bonds. The first-order valence-electron chi connectivity index (χ1n) is 11.1. The number of amides is 2. The van der Waals surface area contributed by atoms with Crippen LogP contribution in [-0.2, 0) is 4.79 Å². The molecule has 0 unspecified atom stereocenters. The summed E-state index contributed by atoms with van der Waals surface area (Å²) in [6.45, 7) is 7.01. The minimum atomic E-state index is 0.00517. The predicted octanol–water partition coefficient (Wildman–Crippen LogP) is 0.736. The van der Waals surface area contributed by atoms with Crippen molar-refractivity contribution < 1.29 is 14.3 Å². The van der Waals surface area contributed by atoms with Crippen molar-refractivity contribution in [2.24, 2.45) is 5.92 Å². The molecule has 3 saturated heterocycles. The molecule has 0 radical (unpaired) electrons. The average molecular weight is 416 g/mol. The van der Waals surface area contributed by atoms with Gasteiger partial charge in [0.15, 0.2) is 0 Å². The van der Waals surface area contributed by atoms with E-state index >= 15 is 0 Å². The third-order valence-electron chi connectivity index (χ3n) is 6.42. The number of methoxy groups -OCH3 is 1. The second-order valence-corrected chi connectivity index (χ2v) is 8.30. The predicted molar refractivity (Wildman–Crippen MR) is 116 cm³/mol. The highest BCUT2D eigenvalue weighted by atomic mass is 16.5. The molecular formula is C22H33N5O3. The number of anilines is 1. The zero-order chi connectivity index (χ0) is 20.9. The largest absolute Gasteiger partial charge is 0.495 e. The lowest BCUT2D eigenvalue weighted by Crippen LogP contribution is -2.52. The van der Waals surface area contributed by atoms with E-state index in [0.717, 1.165) is 63.5 Å². The highest BCUT2D eigenvalue weighted by Crippen LogP contribution is 2.30. The Hall–Kier alpha value is -2.32. The van der Waals surface area contributed by atoms with Crippen molar-refractivity contribution in [1.29, 1.82) is 0 Å². The minimum Gasteiger partial charge on any atom is -0.495 e. The molecule has 3 heterocycles. The van der Waals surface area contributed by atoms with Gasteiger partial charge in [-0.3, -0.25) is 14.9 Å². The molecule has 0 spiro atoms. The Balaban J connectivity index is 1.37. The Morgan fingerprint density at radius 3 is 2.37 bits per heavy atom. The molecule has 8 heteroatoms. The summed E-state index contributed by atoms with van der Waals surface area (Å²) in [6, 6.07) is 5.72. The fraction of sp³-hybridized carbons (Fsp3) is 0.636. The molecule has 0 aromatic heterocycles. The molecule has 164 valence electrons. The molecule has 0 bridgehead atoms. The SMILES string of the molecule is COc1cc(C(=O)N2CCN(C(=O)C3CCNCC3)CC2)ccc1N1CCCNC1. The number of piperidine rings is 1. The molecule has 30 heavy (non-hydrogen) atoms. The molecule has 0 aliphatic carbocycles. The Bertz CT molecular complexity index is 751. The number of nitrogens with one attached hydrogen (secondary N) is 2. The maximum atomic E-state index is 13.1. The van der Waals surface area contributed by atoms with E-state index in [-0.39, 0.29) is 17.7 Å². The first kappa shape index (κ1) is 20.9. The minimum absolute atomic E-state index is 0.00517. The van der Waals surface area contributed by atoms with Gasteiger partial charge in [0.25, 0.3) is 5.91 Å². The third kappa shape index (κ3) is 4.54. The van der Waals surface area contributed by atoms with Gasteiger partial charge in [-0.15, -0.1) is 0 Å². The zero-order valence-corrected chi connectivity index (χ0v) is 17.9. The van der Waals surface area contributed by atoms with Crippen LogP contribution >= 0.6 is 0 Å². The van der Waals surface area contributed by atoms with Crippen molar-refractivity contribution in [2.45, 2.75) is 19.3 Å². The fourth-order valence-electron chi connectivity index (χ4n) is 4.61. The van der Waals surface area contributed by atoms with E-state index in [0.29, 0.717) is 31.7 Å². The van der Waals surface area contributed by atoms with Crippen molar-refractivity contribution in [3.63, 3.8) is 0 Å². The molecule has 4 rings (SSSR count). The molecular weight excluding hydrogens is 382 g/mol. The number of rotatable bonds is 4. The second-order valence-electron chi connectivity index (χ2n) is 8.30. The number of nitrogens with zero attached hydrogens (tertiary/aromatic N) is 3. The summed E-state index contributed by atoms with van der Waals surface area (Å²) in [5, 5.41) is 6.68. The van der Waals surface area contributed by atoms with Gasteiger partial charge in [0.1, 0.15) is 5.75 Å². The zero-order valence-electron chi connectivity index (χ0n) is 17.9. The number of benzene rings is 1. The van der Waals surface area contributed by atoms with Gasteiger partial charge in [0.05, 0.1) is 19.5 Å². The van der Waals surface area contributed by atoms with Crippen molar-refractivity contribution in [3.05, 3.63) is 23.8 Å². The van der Waals surface area contributed by atoms with Gasteiger partial charge in [-0.1, -0.05) is 0 Å². The summed E-state index contributed by atoms with van der Waals surface area (Å²) in [6.07, 6.45) is 2.91. The van der Waals surface area contributed by atoms with Crippen LogP contribution in [0.5, 0.6) is 5.75 Å². The molecule has 3 aliphatic heterocycles. The van der Waals surface area contributed by atoms with Crippen molar-refractivity contribution in [1.82, 2.24) is 20.4 Å². The van der Waals surface area contributed by atoms with E-state index in [9.17, 15) is 9.59 Å². The van der Waals surface area contributed by atoms with Crippen molar-refractivity contribution in [3.8, 4) is 5.75 Å². The van der Waals surface area contributed by atoms with Crippen LogP contribution in [0.15, 0.2) is 18.2 Å².